The highest BCUT2D eigenvalue weighted by Gasteiger charge is 2.36. The van der Waals surface area contributed by atoms with Crippen LogP contribution in [0.2, 0.25) is 0 Å². The van der Waals surface area contributed by atoms with E-state index in [1.165, 1.54) is 12.0 Å². The molecule has 2 atom stereocenters. The largest absolute Gasteiger partial charge is 0.465 e. The lowest BCUT2D eigenvalue weighted by molar-refractivity contribution is -0.121. The molecule has 0 bridgehead atoms. The third kappa shape index (κ3) is 2.09. The molecule has 18 heavy (non-hydrogen) atoms. The van der Waals surface area contributed by atoms with Crippen molar-refractivity contribution in [2.75, 3.05) is 18.6 Å². The van der Waals surface area contributed by atoms with E-state index in [4.69, 9.17) is 0 Å². The third-order valence-electron chi connectivity index (χ3n) is 3.18. The first-order chi connectivity index (χ1) is 8.54. The second-order valence-corrected chi connectivity index (χ2v) is 4.35. The fourth-order valence-corrected chi connectivity index (χ4v) is 2.00. The Kier molecular flexibility index (Phi) is 3.34. The van der Waals surface area contributed by atoms with Crippen LogP contribution in [0.4, 0.5) is 5.69 Å². The molecule has 1 aliphatic rings. The van der Waals surface area contributed by atoms with Crippen LogP contribution in [0.5, 0.6) is 0 Å². The molecule has 1 aromatic rings. The van der Waals surface area contributed by atoms with E-state index < -0.39 is 18.0 Å². The molecule has 1 saturated heterocycles. The summed E-state index contributed by atoms with van der Waals surface area (Å²) in [4.78, 5) is 24.8. The first-order valence-electron chi connectivity index (χ1n) is 5.72. The lowest BCUT2D eigenvalue weighted by Gasteiger charge is -2.16. The number of benzene rings is 1. The summed E-state index contributed by atoms with van der Waals surface area (Å²) in [5.74, 6) is -0.992. The quantitative estimate of drug-likeness (QED) is 0.788. The summed E-state index contributed by atoms with van der Waals surface area (Å²) in [6.07, 6.45) is -0.667. The molecule has 1 amide bonds. The summed E-state index contributed by atoms with van der Waals surface area (Å²) in [6.45, 7) is 1.95. The van der Waals surface area contributed by atoms with Crippen LogP contribution in [-0.2, 0) is 9.53 Å². The maximum absolute atomic E-state index is 11.9. The standard InChI is InChI=1S/C13H15NO4/c1-8-11(15)7-14(12(8)16)10-5-3-4-9(6-10)13(17)18-2/h3-6,8,11,15H,7H2,1-2H3/t8-,11-/m0/s1. The average molecular weight is 249 g/mol. The lowest BCUT2D eigenvalue weighted by Crippen LogP contribution is -2.26. The number of hydrogen-bond acceptors (Lipinski definition) is 4. The molecule has 0 spiro atoms. The number of nitrogens with zero attached hydrogens (tertiary/aromatic N) is 1. The zero-order valence-electron chi connectivity index (χ0n) is 10.3. The van der Waals surface area contributed by atoms with E-state index >= 15 is 0 Å². The van der Waals surface area contributed by atoms with Crippen LogP contribution in [-0.4, -0.2) is 36.7 Å². The molecule has 1 heterocycles. The van der Waals surface area contributed by atoms with Gasteiger partial charge < -0.3 is 14.7 Å². The third-order valence-corrected chi connectivity index (χ3v) is 3.18. The predicted octanol–water partition coefficient (Wildman–Crippen LogP) is 0.817. The predicted molar refractivity (Wildman–Crippen MR) is 65.3 cm³/mol. The monoisotopic (exact) mass is 249 g/mol. The van der Waals surface area contributed by atoms with E-state index in [9.17, 15) is 14.7 Å². The maximum Gasteiger partial charge on any atom is 0.337 e. The van der Waals surface area contributed by atoms with Crippen LogP contribution in [0.15, 0.2) is 24.3 Å². The van der Waals surface area contributed by atoms with Gasteiger partial charge in [-0.3, -0.25) is 4.79 Å². The van der Waals surface area contributed by atoms with Gasteiger partial charge in [-0.2, -0.15) is 0 Å². The van der Waals surface area contributed by atoms with E-state index in [2.05, 4.69) is 4.74 Å². The van der Waals surface area contributed by atoms with Crippen molar-refractivity contribution in [3.8, 4) is 0 Å². The highest BCUT2D eigenvalue weighted by atomic mass is 16.5. The van der Waals surface area contributed by atoms with Crippen LogP contribution >= 0.6 is 0 Å². The molecule has 1 aromatic carbocycles. The van der Waals surface area contributed by atoms with Crippen molar-refractivity contribution in [2.24, 2.45) is 5.92 Å². The van der Waals surface area contributed by atoms with E-state index in [0.29, 0.717) is 11.3 Å². The summed E-state index contributed by atoms with van der Waals surface area (Å²) in [7, 11) is 1.31. The summed E-state index contributed by atoms with van der Waals surface area (Å²) >= 11 is 0. The number of amides is 1. The second-order valence-electron chi connectivity index (χ2n) is 4.35. The Labute approximate surface area is 105 Å². The fourth-order valence-electron chi connectivity index (χ4n) is 2.00. The Balaban J connectivity index is 2.30. The molecule has 5 heteroatoms. The highest BCUT2D eigenvalue weighted by Crippen LogP contribution is 2.26. The van der Waals surface area contributed by atoms with Crippen molar-refractivity contribution in [3.05, 3.63) is 29.8 Å². The molecule has 0 aliphatic carbocycles. The minimum absolute atomic E-state index is 0.135. The van der Waals surface area contributed by atoms with Crippen molar-refractivity contribution in [2.45, 2.75) is 13.0 Å². The molecule has 5 nitrogen and oxygen atoms in total. The topological polar surface area (TPSA) is 66.8 Å². The van der Waals surface area contributed by atoms with Crippen LogP contribution in [0.1, 0.15) is 17.3 Å². The van der Waals surface area contributed by atoms with Gasteiger partial charge in [0.05, 0.1) is 31.2 Å². The summed E-state index contributed by atoms with van der Waals surface area (Å²) in [5.41, 5.74) is 0.989. The summed E-state index contributed by atoms with van der Waals surface area (Å²) in [5, 5.41) is 9.67. The number of rotatable bonds is 2. The molecule has 2 rings (SSSR count). The molecule has 1 fully saturated rings. The van der Waals surface area contributed by atoms with Gasteiger partial charge in [0.25, 0.3) is 0 Å². The number of methoxy groups -OCH3 is 1. The van der Waals surface area contributed by atoms with Crippen LogP contribution in [0, 0.1) is 5.92 Å². The Bertz CT molecular complexity index is 486. The summed E-state index contributed by atoms with van der Waals surface area (Å²) in [6, 6.07) is 6.63. The molecule has 0 unspecified atom stereocenters. The molecule has 1 aliphatic heterocycles. The number of β-amino-alcohol motifs (C(OH)–C–C–N with tert-alkyl or cyclic N) is 1. The van der Waals surface area contributed by atoms with Crippen LogP contribution in [0.3, 0.4) is 0 Å². The molecule has 96 valence electrons. The fraction of sp³-hybridized carbons (Fsp3) is 0.385. The Morgan fingerprint density at radius 1 is 1.50 bits per heavy atom. The molecule has 0 radical (unpaired) electrons. The first-order valence-corrected chi connectivity index (χ1v) is 5.72. The van der Waals surface area contributed by atoms with E-state index in [1.807, 2.05) is 0 Å². The van der Waals surface area contributed by atoms with E-state index in [0.717, 1.165) is 0 Å². The Morgan fingerprint density at radius 2 is 2.22 bits per heavy atom. The lowest BCUT2D eigenvalue weighted by atomic mass is 10.1. The average Bonchev–Trinajstić information content (AvgIpc) is 2.66. The number of esters is 1. The number of carbonyl (C=O) groups excluding carboxylic acids is 2. The molecule has 0 aromatic heterocycles. The van der Waals surface area contributed by atoms with Gasteiger partial charge in [-0.1, -0.05) is 13.0 Å². The van der Waals surface area contributed by atoms with Crippen LogP contribution < -0.4 is 4.90 Å². The van der Waals surface area contributed by atoms with Gasteiger partial charge in [0.2, 0.25) is 5.91 Å². The minimum Gasteiger partial charge on any atom is -0.465 e. The highest BCUT2D eigenvalue weighted by molar-refractivity contribution is 5.99. The number of aliphatic hydroxyl groups excluding tert-OH is 1. The summed E-state index contributed by atoms with van der Waals surface area (Å²) < 4.78 is 4.63. The van der Waals surface area contributed by atoms with Crippen molar-refractivity contribution in [3.63, 3.8) is 0 Å². The number of hydrogen-bond donors (Lipinski definition) is 1. The van der Waals surface area contributed by atoms with Gasteiger partial charge in [0.1, 0.15) is 0 Å². The van der Waals surface area contributed by atoms with Gasteiger partial charge in [-0.05, 0) is 18.2 Å². The second kappa shape index (κ2) is 4.78. The Morgan fingerprint density at radius 3 is 2.78 bits per heavy atom. The Hall–Kier alpha value is -1.88. The van der Waals surface area contributed by atoms with Crippen LogP contribution in [0.25, 0.3) is 0 Å². The number of ether oxygens (including phenoxy) is 1. The number of aliphatic hydroxyl groups is 1. The number of anilines is 1. The minimum atomic E-state index is -0.667. The van der Waals surface area contributed by atoms with E-state index in [1.54, 1.807) is 31.2 Å². The maximum atomic E-state index is 11.9. The van der Waals surface area contributed by atoms with Crippen molar-refractivity contribution < 1.29 is 19.4 Å². The van der Waals surface area contributed by atoms with Gasteiger partial charge in [0, 0.05) is 5.69 Å². The molecular formula is C13H15NO4. The van der Waals surface area contributed by atoms with Crippen molar-refractivity contribution in [1.29, 1.82) is 0 Å². The van der Waals surface area contributed by atoms with Crippen molar-refractivity contribution >= 4 is 17.6 Å². The molecule has 1 N–H and O–H groups in total. The van der Waals surface area contributed by atoms with Gasteiger partial charge >= 0.3 is 5.97 Å². The first kappa shape index (κ1) is 12.6. The normalized spacial score (nSPS) is 23.3. The van der Waals surface area contributed by atoms with Gasteiger partial charge in [-0.15, -0.1) is 0 Å². The zero-order valence-corrected chi connectivity index (χ0v) is 10.3. The molecule has 0 saturated carbocycles. The smallest absolute Gasteiger partial charge is 0.337 e. The van der Waals surface area contributed by atoms with Gasteiger partial charge in [-0.25, -0.2) is 4.79 Å². The van der Waals surface area contributed by atoms with E-state index in [-0.39, 0.29) is 12.5 Å². The van der Waals surface area contributed by atoms with Crippen molar-refractivity contribution in [1.82, 2.24) is 0 Å². The zero-order chi connectivity index (χ0) is 13.3. The molecular weight excluding hydrogens is 234 g/mol. The van der Waals surface area contributed by atoms with Gasteiger partial charge in [0.15, 0.2) is 0 Å². The SMILES string of the molecule is COC(=O)c1cccc(N2C[C@H](O)[C@H](C)C2=O)c1. The number of carbonyl (C=O) groups is 2.